The summed E-state index contributed by atoms with van der Waals surface area (Å²) in [5, 5.41) is 0. The summed E-state index contributed by atoms with van der Waals surface area (Å²) in [6.45, 7) is 8.05. The lowest BCUT2D eigenvalue weighted by atomic mass is 9.94. The molecule has 0 amide bonds. The Morgan fingerprint density at radius 3 is 2.75 bits per heavy atom. The first-order valence-corrected chi connectivity index (χ1v) is 4.40. The van der Waals surface area contributed by atoms with Crippen molar-refractivity contribution in [1.29, 1.82) is 0 Å². The van der Waals surface area contributed by atoms with Crippen molar-refractivity contribution in [3.8, 4) is 0 Å². The Kier molecular flexibility index (Phi) is 3.09. The molecule has 0 radical (unpaired) electrons. The van der Waals surface area contributed by atoms with Crippen LogP contribution in [0.4, 0.5) is 0 Å². The molecule has 0 heterocycles. The van der Waals surface area contributed by atoms with Gasteiger partial charge in [-0.3, -0.25) is 0 Å². The third-order valence-corrected chi connectivity index (χ3v) is 2.20. The number of rotatable bonds is 2. The van der Waals surface area contributed by atoms with E-state index in [-0.39, 0.29) is 0 Å². The van der Waals surface area contributed by atoms with Gasteiger partial charge < -0.3 is 0 Å². The highest BCUT2D eigenvalue weighted by atomic mass is 14.1. The van der Waals surface area contributed by atoms with Gasteiger partial charge in [0, 0.05) is 0 Å². The van der Waals surface area contributed by atoms with Gasteiger partial charge in [0.15, 0.2) is 0 Å². The zero-order valence-electron chi connectivity index (χ0n) is 7.93. The first kappa shape index (κ1) is 9.05. The number of hydrogen-bond donors (Lipinski definition) is 0. The lowest BCUT2D eigenvalue weighted by Crippen LogP contribution is -1.92. The van der Waals surface area contributed by atoms with Crippen molar-refractivity contribution >= 4 is 0 Å². The van der Waals surface area contributed by atoms with Gasteiger partial charge in [-0.25, -0.2) is 0 Å². The zero-order valence-corrected chi connectivity index (χ0v) is 7.93. The molecule has 0 saturated carbocycles. The van der Waals surface area contributed by atoms with Gasteiger partial charge in [0.2, 0.25) is 0 Å². The summed E-state index contributed by atoms with van der Waals surface area (Å²) in [5.74, 6) is 0. The van der Waals surface area contributed by atoms with Crippen LogP contribution in [0.25, 0.3) is 0 Å². The van der Waals surface area contributed by atoms with Crippen LogP contribution in [0.5, 0.6) is 0 Å². The molecule has 1 aliphatic carbocycles. The minimum Gasteiger partial charge on any atom is -0.0991 e. The molecule has 0 unspecified atom stereocenters. The third-order valence-electron chi connectivity index (χ3n) is 2.20. The Morgan fingerprint density at radius 2 is 2.08 bits per heavy atom. The highest BCUT2D eigenvalue weighted by molar-refractivity contribution is 5.40. The van der Waals surface area contributed by atoms with Crippen molar-refractivity contribution in [2.24, 2.45) is 0 Å². The van der Waals surface area contributed by atoms with E-state index in [1.165, 1.54) is 29.6 Å². The molecule has 12 heavy (non-hydrogen) atoms. The molecule has 0 bridgehead atoms. The van der Waals surface area contributed by atoms with Gasteiger partial charge in [0.05, 0.1) is 0 Å². The average molecular weight is 160 g/mol. The lowest BCUT2D eigenvalue weighted by molar-refractivity contribution is 0.894. The maximum Gasteiger partial charge on any atom is -0.0268 e. The number of hydrogen-bond acceptors (Lipinski definition) is 0. The Hall–Kier alpha value is -1.04. The fourth-order valence-electron chi connectivity index (χ4n) is 1.35. The van der Waals surface area contributed by atoms with Gasteiger partial charge in [-0.1, -0.05) is 42.0 Å². The molecule has 1 rings (SSSR count). The van der Waals surface area contributed by atoms with Crippen molar-refractivity contribution in [3.05, 3.63) is 47.6 Å². The third kappa shape index (κ3) is 2.23. The van der Waals surface area contributed by atoms with Crippen LogP contribution in [-0.2, 0) is 0 Å². The van der Waals surface area contributed by atoms with Gasteiger partial charge in [-0.2, -0.15) is 0 Å². The first-order valence-electron chi connectivity index (χ1n) is 4.40. The Morgan fingerprint density at radius 1 is 1.33 bits per heavy atom. The summed E-state index contributed by atoms with van der Waals surface area (Å²) in [6.07, 6.45) is 10.6. The van der Waals surface area contributed by atoms with Crippen LogP contribution in [0.1, 0.15) is 26.7 Å². The lowest BCUT2D eigenvalue weighted by Gasteiger charge is -2.12. The quantitative estimate of drug-likeness (QED) is 0.539. The van der Waals surface area contributed by atoms with Gasteiger partial charge >= 0.3 is 0 Å². The molecule has 0 fully saturated rings. The van der Waals surface area contributed by atoms with E-state index in [2.05, 4.69) is 32.6 Å². The van der Waals surface area contributed by atoms with E-state index in [0.29, 0.717) is 0 Å². The molecule has 0 N–H and O–H groups in total. The van der Waals surface area contributed by atoms with Crippen molar-refractivity contribution < 1.29 is 0 Å². The van der Waals surface area contributed by atoms with E-state index >= 15 is 0 Å². The fourth-order valence-corrected chi connectivity index (χ4v) is 1.35. The molecule has 0 heteroatoms. The van der Waals surface area contributed by atoms with E-state index in [1.54, 1.807) is 0 Å². The largest absolute Gasteiger partial charge is 0.0991 e. The molecule has 0 spiro atoms. The molecular formula is C12H16. The second kappa shape index (κ2) is 4.10. The van der Waals surface area contributed by atoms with Crippen molar-refractivity contribution in [2.75, 3.05) is 0 Å². The van der Waals surface area contributed by atoms with E-state index in [1.807, 2.05) is 12.2 Å². The summed E-state index contributed by atoms with van der Waals surface area (Å²) >= 11 is 0. The second-order valence-corrected chi connectivity index (χ2v) is 3.32. The Labute approximate surface area is 75.0 Å². The molecule has 0 aromatic rings. The van der Waals surface area contributed by atoms with Gasteiger partial charge in [-0.15, -0.1) is 0 Å². The summed E-state index contributed by atoms with van der Waals surface area (Å²) in [7, 11) is 0. The second-order valence-electron chi connectivity index (χ2n) is 3.32. The van der Waals surface area contributed by atoms with E-state index in [0.717, 1.165) is 0 Å². The molecular weight excluding hydrogens is 144 g/mol. The van der Waals surface area contributed by atoms with Crippen LogP contribution < -0.4 is 0 Å². The summed E-state index contributed by atoms with van der Waals surface area (Å²) in [6, 6.07) is 0. The molecule has 0 aromatic heterocycles. The monoisotopic (exact) mass is 160 g/mol. The molecule has 64 valence electrons. The highest BCUT2D eigenvalue weighted by Gasteiger charge is 2.03. The predicted molar refractivity (Wildman–Crippen MR) is 55.0 cm³/mol. The van der Waals surface area contributed by atoms with Gasteiger partial charge in [0.1, 0.15) is 0 Å². The van der Waals surface area contributed by atoms with Crippen LogP contribution >= 0.6 is 0 Å². The fraction of sp³-hybridized carbons (Fsp3) is 0.333. The summed E-state index contributed by atoms with van der Waals surface area (Å²) in [5.41, 5.74) is 4.32. The topological polar surface area (TPSA) is 0 Å². The van der Waals surface area contributed by atoms with Crippen LogP contribution in [0.3, 0.4) is 0 Å². The maximum absolute atomic E-state index is 3.66. The van der Waals surface area contributed by atoms with E-state index in [9.17, 15) is 0 Å². The zero-order chi connectivity index (χ0) is 8.97. The molecule has 0 saturated heterocycles. The minimum absolute atomic E-state index is 1.21. The summed E-state index contributed by atoms with van der Waals surface area (Å²) < 4.78 is 0. The highest BCUT2D eigenvalue weighted by Crippen LogP contribution is 2.23. The number of allylic oxidation sites excluding steroid dienone is 7. The molecule has 0 atom stereocenters. The molecule has 0 nitrogen and oxygen atoms in total. The standard InChI is InChI=1S/C12H16/c1-4-5-6-12-9-10(2)7-8-11(12)3/h4-6,9H,1,7-8H2,2-3H3/b6-5-. The SMILES string of the molecule is C=C/C=C\C1=C(C)CCC(C)=C1. The average Bonchev–Trinajstić information content (AvgIpc) is 2.07. The van der Waals surface area contributed by atoms with Gasteiger partial charge in [-0.05, 0) is 32.3 Å². The molecule has 0 aromatic carbocycles. The van der Waals surface area contributed by atoms with Crippen molar-refractivity contribution in [1.82, 2.24) is 0 Å². The first-order chi connectivity index (χ1) is 5.74. The predicted octanol–water partition coefficient (Wildman–Crippen LogP) is 3.79. The van der Waals surface area contributed by atoms with E-state index in [4.69, 9.17) is 0 Å². The summed E-state index contributed by atoms with van der Waals surface area (Å²) in [4.78, 5) is 0. The van der Waals surface area contributed by atoms with E-state index < -0.39 is 0 Å². The smallest absolute Gasteiger partial charge is 0.0268 e. The molecule has 0 aliphatic heterocycles. The minimum atomic E-state index is 1.21. The van der Waals surface area contributed by atoms with Crippen molar-refractivity contribution in [3.63, 3.8) is 0 Å². The molecule has 1 aliphatic rings. The Balaban J connectivity index is 2.85. The van der Waals surface area contributed by atoms with Crippen LogP contribution in [-0.4, -0.2) is 0 Å². The normalized spacial score (nSPS) is 18.3. The maximum atomic E-state index is 3.66. The van der Waals surface area contributed by atoms with Crippen molar-refractivity contribution in [2.45, 2.75) is 26.7 Å². The van der Waals surface area contributed by atoms with Crippen LogP contribution in [0.15, 0.2) is 47.6 Å². The van der Waals surface area contributed by atoms with Crippen LogP contribution in [0, 0.1) is 0 Å². The van der Waals surface area contributed by atoms with Gasteiger partial charge in [0.25, 0.3) is 0 Å². The van der Waals surface area contributed by atoms with Crippen LogP contribution in [0.2, 0.25) is 0 Å². The Bertz CT molecular complexity index is 262.